The van der Waals surface area contributed by atoms with Gasteiger partial charge < -0.3 is 1.43 Å². The molecule has 0 bridgehead atoms. The smallest absolute Gasteiger partial charge is 1.00 e. The van der Waals surface area contributed by atoms with Gasteiger partial charge in [-0.3, -0.25) is 9.59 Å². The Morgan fingerprint density at radius 3 is 1.38 bits per heavy atom. The van der Waals surface area contributed by atoms with Gasteiger partial charge in [-0.15, -0.1) is 0 Å². The molecule has 0 aromatic rings. The summed E-state index contributed by atoms with van der Waals surface area (Å²) in [5.74, 6) is -18.1. The van der Waals surface area contributed by atoms with E-state index in [1.807, 2.05) is 0 Å². The zero-order valence-corrected chi connectivity index (χ0v) is 10.1. The average Bonchev–Trinajstić information content (AvgIpc) is 2.56. The summed E-state index contributed by atoms with van der Waals surface area (Å²) in [7, 11) is 0. The van der Waals surface area contributed by atoms with E-state index in [1.54, 1.807) is 0 Å². The molecule has 13 heteroatoms. The molecule has 0 spiro atoms. The number of hydrogen-bond acceptors (Lipinski definition) is 2. The van der Waals surface area contributed by atoms with Gasteiger partial charge >= 0.3 is 42.9 Å². The first kappa shape index (κ1) is 20.1. The zero-order valence-electron chi connectivity index (χ0n) is 11.1. The summed E-state index contributed by atoms with van der Waals surface area (Å²) in [6.45, 7) is 0. The first-order chi connectivity index (χ1) is 8.68. The van der Waals surface area contributed by atoms with Gasteiger partial charge in [-0.25, -0.2) is 4.90 Å². The standard InChI is InChI=1S/C8H4F9NO2.Li.H/c9-5(10,7(13,14)15)6(11,12)8(16,17)18-3(19)1-2-4(18)20;;/h1-2H2;;/q;+1;-1. The van der Waals surface area contributed by atoms with Crippen molar-refractivity contribution in [2.45, 2.75) is 36.9 Å². The van der Waals surface area contributed by atoms with Crippen molar-refractivity contribution in [1.29, 1.82) is 0 Å². The van der Waals surface area contributed by atoms with Crippen LogP contribution in [-0.4, -0.2) is 40.8 Å². The molecule has 0 N–H and O–H groups in total. The summed E-state index contributed by atoms with van der Waals surface area (Å²) in [6, 6.07) is -6.31. The Labute approximate surface area is 124 Å². The van der Waals surface area contributed by atoms with Gasteiger partial charge in [0.15, 0.2) is 0 Å². The third kappa shape index (κ3) is 2.75. The Hall–Kier alpha value is -0.893. The van der Waals surface area contributed by atoms with E-state index < -0.39 is 53.6 Å². The molecule has 1 aliphatic heterocycles. The minimum atomic E-state index is -7.13. The van der Waals surface area contributed by atoms with Crippen LogP contribution in [0.2, 0.25) is 0 Å². The maximum absolute atomic E-state index is 13.2. The summed E-state index contributed by atoms with van der Waals surface area (Å²) in [4.78, 5) is 20.1. The molecule has 118 valence electrons. The van der Waals surface area contributed by atoms with Gasteiger partial charge in [0, 0.05) is 12.8 Å². The third-order valence-corrected chi connectivity index (χ3v) is 2.46. The van der Waals surface area contributed by atoms with Crippen LogP contribution in [0.15, 0.2) is 0 Å². The van der Waals surface area contributed by atoms with Crippen molar-refractivity contribution in [2.24, 2.45) is 0 Å². The maximum atomic E-state index is 13.2. The van der Waals surface area contributed by atoms with Crippen LogP contribution in [0.5, 0.6) is 0 Å². The fraction of sp³-hybridized carbons (Fsp3) is 0.750. The number of halogens is 9. The van der Waals surface area contributed by atoms with Crippen molar-refractivity contribution < 1.29 is 69.4 Å². The van der Waals surface area contributed by atoms with Crippen LogP contribution < -0.4 is 18.9 Å². The van der Waals surface area contributed by atoms with Gasteiger partial charge in [0.25, 0.3) is 0 Å². The minimum Gasteiger partial charge on any atom is -1.00 e. The van der Waals surface area contributed by atoms with Crippen LogP contribution in [0.25, 0.3) is 0 Å². The second kappa shape index (κ2) is 5.39. The predicted octanol–water partition coefficient (Wildman–Crippen LogP) is -0.322. The molecule has 0 aromatic heterocycles. The molecule has 1 heterocycles. The van der Waals surface area contributed by atoms with Gasteiger partial charge in [-0.05, 0) is 0 Å². The normalized spacial score (nSPS) is 18.0. The van der Waals surface area contributed by atoms with E-state index in [0.29, 0.717) is 0 Å². The number of alkyl halides is 9. The van der Waals surface area contributed by atoms with Crippen LogP contribution >= 0.6 is 0 Å². The van der Waals surface area contributed by atoms with E-state index in [4.69, 9.17) is 0 Å². The molecule has 0 atom stereocenters. The fourth-order valence-corrected chi connectivity index (χ4v) is 1.40. The van der Waals surface area contributed by atoms with Crippen molar-refractivity contribution in [3.05, 3.63) is 0 Å². The summed E-state index contributed by atoms with van der Waals surface area (Å²) in [5.41, 5.74) is 0. The molecule has 0 unspecified atom stereocenters. The average molecular weight is 325 g/mol. The number of imide groups is 1. The molecule has 0 radical (unpaired) electrons. The van der Waals surface area contributed by atoms with Crippen molar-refractivity contribution in [3.63, 3.8) is 0 Å². The number of rotatable bonds is 3. The second-order valence-electron chi connectivity index (χ2n) is 3.81. The summed E-state index contributed by atoms with van der Waals surface area (Å²) in [5, 5.41) is 0. The van der Waals surface area contributed by atoms with Gasteiger partial charge in [0.1, 0.15) is 0 Å². The number of likely N-dealkylation sites (tertiary alicyclic amines) is 1. The molecule has 0 aliphatic carbocycles. The minimum absolute atomic E-state index is 0. The summed E-state index contributed by atoms with van der Waals surface area (Å²) >= 11 is 0. The topological polar surface area (TPSA) is 37.4 Å². The van der Waals surface area contributed by atoms with E-state index >= 15 is 0 Å². The molecule has 1 saturated heterocycles. The van der Waals surface area contributed by atoms with Crippen LogP contribution in [0.3, 0.4) is 0 Å². The van der Waals surface area contributed by atoms with E-state index in [-0.39, 0.29) is 20.3 Å². The SMILES string of the molecule is O=C1CCC(=O)N1C(F)(F)C(F)(F)C(F)(F)C(F)(F)F.[H-].[Li+]. The quantitative estimate of drug-likeness (QED) is 0.309. The second-order valence-corrected chi connectivity index (χ2v) is 3.81. The van der Waals surface area contributed by atoms with Crippen molar-refractivity contribution in [1.82, 2.24) is 4.90 Å². The van der Waals surface area contributed by atoms with Crippen molar-refractivity contribution in [3.8, 4) is 0 Å². The van der Waals surface area contributed by atoms with Crippen LogP contribution in [-0.2, 0) is 9.59 Å². The van der Waals surface area contributed by atoms with Crippen molar-refractivity contribution in [2.75, 3.05) is 0 Å². The first-order valence-electron chi connectivity index (χ1n) is 4.74. The number of hydrogen-bond donors (Lipinski definition) is 0. The summed E-state index contributed by atoms with van der Waals surface area (Å²) < 4.78 is 113. The molecule has 1 aliphatic rings. The maximum Gasteiger partial charge on any atom is 1.00 e. The Kier molecular flexibility index (Phi) is 5.16. The number of amides is 2. The molecule has 0 aromatic carbocycles. The number of carbonyl (C=O) groups excluding carboxylic acids is 2. The molecule has 1 rings (SSSR count). The largest absolute Gasteiger partial charge is 1.00 e. The van der Waals surface area contributed by atoms with Gasteiger partial charge in [0.05, 0.1) is 0 Å². The van der Waals surface area contributed by atoms with E-state index in [9.17, 15) is 49.1 Å². The monoisotopic (exact) mass is 325 g/mol. The van der Waals surface area contributed by atoms with E-state index in [0.717, 1.165) is 0 Å². The fourth-order valence-electron chi connectivity index (χ4n) is 1.40. The van der Waals surface area contributed by atoms with E-state index in [1.165, 1.54) is 0 Å². The Morgan fingerprint density at radius 1 is 0.762 bits per heavy atom. The number of carbonyl (C=O) groups is 2. The third-order valence-electron chi connectivity index (χ3n) is 2.46. The van der Waals surface area contributed by atoms with Crippen LogP contribution in [0.4, 0.5) is 39.5 Å². The molecule has 1 fully saturated rings. The Bertz CT molecular complexity index is 437. The summed E-state index contributed by atoms with van der Waals surface area (Å²) in [6.07, 6.45) is -8.96. The van der Waals surface area contributed by atoms with Crippen molar-refractivity contribution >= 4 is 11.8 Å². The van der Waals surface area contributed by atoms with Crippen LogP contribution in [0, 0.1) is 0 Å². The van der Waals surface area contributed by atoms with E-state index in [2.05, 4.69) is 0 Å². The number of nitrogens with zero attached hydrogens (tertiary/aromatic N) is 1. The molecule has 21 heavy (non-hydrogen) atoms. The van der Waals surface area contributed by atoms with Gasteiger partial charge in [-0.1, -0.05) is 0 Å². The van der Waals surface area contributed by atoms with Crippen LogP contribution in [0.1, 0.15) is 14.3 Å². The Balaban J connectivity index is 0. The first-order valence-corrected chi connectivity index (χ1v) is 4.74. The van der Waals surface area contributed by atoms with Gasteiger partial charge in [-0.2, -0.15) is 39.5 Å². The molecule has 2 amide bonds. The predicted molar refractivity (Wildman–Crippen MR) is 43.1 cm³/mol. The molecule has 3 nitrogen and oxygen atoms in total. The molecule has 0 saturated carbocycles. The van der Waals surface area contributed by atoms with Gasteiger partial charge in [0.2, 0.25) is 11.8 Å². The Morgan fingerprint density at radius 2 is 1.10 bits per heavy atom. The zero-order chi connectivity index (χ0) is 16.1. The molecular formula is C8H5F9LiNO2. The molecular weight excluding hydrogens is 320 g/mol.